The van der Waals surface area contributed by atoms with Crippen LogP contribution in [0.1, 0.15) is 6.92 Å². The zero-order chi connectivity index (χ0) is 16.8. The average molecular weight is 332 g/mol. The zero-order valence-electron chi connectivity index (χ0n) is 11.6. The summed E-state index contributed by atoms with van der Waals surface area (Å²) in [5.74, 6) is -3.34. The number of alkyl halides is 3. The highest BCUT2D eigenvalue weighted by molar-refractivity contribution is 6.06. The number of benzene rings is 2. The van der Waals surface area contributed by atoms with Crippen molar-refractivity contribution in [2.24, 2.45) is 0 Å². The van der Waals surface area contributed by atoms with Crippen molar-refractivity contribution in [1.82, 2.24) is 0 Å². The van der Waals surface area contributed by atoms with Gasteiger partial charge in [0.2, 0.25) is 11.6 Å². The number of furan rings is 1. The number of ether oxygens (including phenoxy) is 2. The number of hydrogen-bond acceptors (Lipinski definition) is 3. The van der Waals surface area contributed by atoms with Gasteiger partial charge < -0.3 is 13.9 Å². The van der Waals surface area contributed by atoms with Crippen molar-refractivity contribution in [3.63, 3.8) is 0 Å². The first-order valence-electron chi connectivity index (χ1n) is 6.53. The van der Waals surface area contributed by atoms with E-state index in [0.29, 0.717) is 0 Å². The number of halogens is 5. The Bertz CT molecular complexity index is 882. The summed E-state index contributed by atoms with van der Waals surface area (Å²) in [5, 5.41) is 0.354. The molecule has 0 fully saturated rings. The third-order valence-electron chi connectivity index (χ3n) is 3.14. The lowest BCUT2D eigenvalue weighted by Gasteiger charge is -2.09. The summed E-state index contributed by atoms with van der Waals surface area (Å²) in [5.41, 5.74) is -0.816. The highest BCUT2D eigenvalue weighted by Crippen LogP contribution is 2.38. The lowest BCUT2D eigenvalue weighted by Crippen LogP contribution is -2.17. The van der Waals surface area contributed by atoms with Crippen LogP contribution in [0, 0.1) is 11.6 Å². The molecule has 0 radical (unpaired) electrons. The first kappa shape index (κ1) is 15.4. The van der Waals surface area contributed by atoms with Crippen molar-refractivity contribution in [2.75, 3.05) is 6.61 Å². The predicted molar refractivity (Wildman–Crippen MR) is 71.5 cm³/mol. The number of rotatable bonds is 3. The van der Waals surface area contributed by atoms with Gasteiger partial charge in [-0.1, -0.05) is 0 Å². The van der Waals surface area contributed by atoms with Crippen molar-refractivity contribution in [1.29, 1.82) is 0 Å². The fourth-order valence-electron chi connectivity index (χ4n) is 2.27. The Morgan fingerprint density at radius 3 is 1.96 bits per heavy atom. The summed E-state index contributed by atoms with van der Waals surface area (Å²) in [4.78, 5) is 0. The van der Waals surface area contributed by atoms with Crippen molar-refractivity contribution < 1.29 is 35.8 Å². The monoisotopic (exact) mass is 332 g/mol. The van der Waals surface area contributed by atoms with E-state index in [1.54, 1.807) is 6.92 Å². The van der Waals surface area contributed by atoms with Crippen molar-refractivity contribution in [3.8, 4) is 11.5 Å². The molecular weight excluding hydrogens is 323 g/mol. The second kappa shape index (κ2) is 5.29. The predicted octanol–water partition coefficient (Wildman–Crippen LogP) is 5.16. The van der Waals surface area contributed by atoms with Gasteiger partial charge >= 0.3 is 6.36 Å². The first-order valence-corrected chi connectivity index (χ1v) is 6.53. The molecule has 2 aromatic carbocycles. The van der Waals surface area contributed by atoms with E-state index in [4.69, 9.17) is 9.15 Å². The molecule has 0 bridgehead atoms. The molecule has 122 valence electrons. The van der Waals surface area contributed by atoms with Gasteiger partial charge in [0.25, 0.3) is 0 Å². The molecule has 0 aliphatic rings. The Labute approximate surface area is 126 Å². The quantitative estimate of drug-likeness (QED) is 0.621. The molecule has 1 aromatic heterocycles. The molecule has 3 nitrogen and oxygen atoms in total. The number of hydrogen-bond donors (Lipinski definition) is 0. The van der Waals surface area contributed by atoms with E-state index in [0.717, 1.165) is 6.07 Å². The van der Waals surface area contributed by atoms with Crippen LogP contribution in [0.2, 0.25) is 0 Å². The van der Waals surface area contributed by atoms with Crippen LogP contribution < -0.4 is 9.47 Å². The third-order valence-corrected chi connectivity index (χ3v) is 3.14. The molecule has 0 unspecified atom stereocenters. The van der Waals surface area contributed by atoms with Crippen molar-refractivity contribution >= 4 is 21.9 Å². The van der Waals surface area contributed by atoms with Gasteiger partial charge in [-0.05, 0) is 31.2 Å². The molecular formula is C15H9F5O3. The minimum absolute atomic E-state index is 0.0915. The lowest BCUT2D eigenvalue weighted by atomic mass is 10.1. The van der Waals surface area contributed by atoms with E-state index in [1.165, 1.54) is 18.2 Å². The second-order valence-electron chi connectivity index (χ2n) is 4.59. The number of fused-ring (bicyclic) bond motifs is 3. The maximum absolute atomic E-state index is 14.2. The topological polar surface area (TPSA) is 31.6 Å². The lowest BCUT2D eigenvalue weighted by molar-refractivity contribution is -0.275. The average Bonchev–Trinajstić information content (AvgIpc) is 2.84. The van der Waals surface area contributed by atoms with E-state index >= 15 is 0 Å². The molecule has 0 N–H and O–H groups in total. The molecule has 0 atom stereocenters. The molecule has 23 heavy (non-hydrogen) atoms. The molecule has 0 aliphatic heterocycles. The van der Waals surface area contributed by atoms with Crippen LogP contribution in [-0.2, 0) is 0 Å². The second-order valence-corrected chi connectivity index (χ2v) is 4.59. The van der Waals surface area contributed by atoms with Gasteiger partial charge in [-0.15, -0.1) is 13.2 Å². The minimum atomic E-state index is -5.05. The third kappa shape index (κ3) is 2.64. The van der Waals surface area contributed by atoms with Crippen LogP contribution in [0.5, 0.6) is 11.5 Å². The van der Waals surface area contributed by atoms with Gasteiger partial charge in [0.05, 0.1) is 6.61 Å². The van der Waals surface area contributed by atoms with E-state index in [9.17, 15) is 22.0 Å². The van der Waals surface area contributed by atoms with Gasteiger partial charge in [0, 0.05) is 10.8 Å². The van der Waals surface area contributed by atoms with Crippen molar-refractivity contribution in [3.05, 3.63) is 35.9 Å². The normalized spacial score (nSPS) is 12.1. The van der Waals surface area contributed by atoms with Crippen LogP contribution in [0.4, 0.5) is 22.0 Å². The van der Waals surface area contributed by atoms with E-state index in [2.05, 4.69) is 4.74 Å². The van der Waals surface area contributed by atoms with Gasteiger partial charge in [-0.3, -0.25) is 0 Å². The van der Waals surface area contributed by atoms with Crippen LogP contribution in [0.3, 0.4) is 0 Å². The molecule has 3 aromatic rings. The Morgan fingerprint density at radius 1 is 0.913 bits per heavy atom. The SMILES string of the molecule is CCOc1ccc2c(oc3c(F)c(OC(F)(F)F)ccc32)c1F. The molecule has 0 saturated heterocycles. The minimum Gasteiger partial charge on any atom is -0.491 e. The highest BCUT2D eigenvalue weighted by Gasteiger charge is 2.33. The standard InChI is InChI=1S/C15H9F5O3/c1-2-21-9-5-3-7-8-4-6-10(23-15(18,19)20)12(17)14(8)22-13(7)11(9)16/h3-6H,2H2,1H3. The Hall–Kier alpha value is -2.51. The van der Waals surface area contributed by atoms with Crippen LogP contribution >= 0.6 is 0 Å². The summed E-state index contributed by atoms with van der Waals surface area (Å²) in [6.45, 7) is 1.86. The fraction of sp³-hybridized carbons (Fsp3) is 0.200. The molecule has 1 heterocycles. The van der Waals surface area contributed by atoms with Crippen LogP contribution in [0.25, 0.3) is 21.9 Å². The fourth-order valence-corrected chi connectivity index (χ4v) is 2.27. The highest BCUT2D eigenvalue weighted by atomic mass is 19.4. The summed E-state index contributed by atoms with van der Waals surface area (Å²) < 4.78 is 78.8. The summed E-state index contributed by atoms with van der Waals surface area (Å²) in [7, 11) is 0. The molecule has 0 amide bonds. The molecule has 3 rings (SSSR count). The smallest absolute Gasteiger partial charge is 0.491 e. The van der Waals surface area contributed by atoms with Crippen LogP contribution in [0.15, 0.2) is 28.7 Å². The van der Waals surface area contributed by atoms with Gasteiger partial charge in [0.1, 0.15) is 0 Å². The van der Waals surface area contributed by atoms with E-state index < -0.39 is 29.3 Å². The largest absolute Gasteiger partial charge is 0.573 e. The molecule has 0 saturated carbocycles. The Balaban J connectivity index is 2.22. The van der Waals surface area contributed by atoms with E-state index in [1.807, 2.05) is 0 Å². The van der Waals surface area contributed by atoms with Crippen LogP contribution in [-0.4, -0.2) is 13.0 Å². The van der Waals surface area contributed by atoms with Gasteiger partial charge in [-0.2, -0.15) is 8.78 Å². The summed E-state index contributed by atoms with van der Waals surface area (Å²) >= 11 is 0. The van der Waals surface area contributed by atoms with Crippen molar-refractivity contribution in [2.45, 2.75) is 13.3 Å². The van der Waals surface area contributed by atoms with Gasteiger partial charge in [-0.25, -0.2) is 0 Å². The summed E-state index contributed by atoms with van der Waals surface area (Å²) in [6.07, 6.45) is -5.05. The maximum atomic E-state index is 14.2. The Morgan fingerprint density at radius 2 is 1.43 bits per heavy atom. The first-order chi connectivity index (χ1) is 10.8. The Kier molecular flexibility index (Phi) is 3.54. The summed E-state index contributed by atoms with van der Waals surface area (Å²) in [6, 6.07) is 4.77. The molecule has 0 aliphatic carbocycles. The molecule has 8 heteroatoms. The van der Waals surface area contributed by atoms with Gasteiger partial charge in [0.15, 0.2) is 22.7 Å². The zero-order valence-corrected chi connectivity index (χ0v) is 11.6. The molecule has 0 spiro atoms. The van der Waals surface area contributed by atoms with E-state index in [-0.39, 0.29) is 28.7 Å². The maximum Gasteiger partial charge on any atom is 0.573 e.